The van der Waals surface area contributed by atoms with Gasteiger partial charge in [0.05, 0.1) is 0 Å². The minimum absolute atomic E-state index is 0. The van der Waals surface area contributed by atoms with Crippen LogP contribution in [0.1, 0.15) is 0 Å². The first-order valence-corrected chi connectivity index (χ1v) is 0. The van der Waals surface area contributed by atoms with Gasteiger partial charge in [-0.25, -0.2) is 0 Å². The molecule has 0 aliphatic rings. The van der Waals surface area contributed by atoms with Crippen molar-refractivity contribution >= 4 is 86.6 Å². The molecule has 4 heavy (non-hydrogen) atoms. The minimum Gasteiger partial charge on any atom is 0 e. The fraction of sp³-hybridized carbons (Fsp3) is 0. The van der Waals surface area contributed by atoms with Gasteiger partial charge in [0.15, 0.2) is 0 Å². The van der Waals surface area contributed by atoms with E-state index in [9.17, 15) is 0 Å². The predicted octanol–water partition coefficient (Wildman–Crippen LogP) is -0.767. The summed E-state index contributed by atoms with van der Waals surface area (Å²) in [5.41, 5.74) is 0. The number of rotatable bonds is 0. The molecule has 0 aromatic carbocycles. The van der Waals surface area contributed by atoms with Crippen molar-refractivity contribution in [2.45, 2.75) is 0 Å². The molecule has 0 unspecified atom stereocenters. The van der Waals surface area contributed by atoms with Crippen LogP contribution in [-0.4, -0.2) is 86.6 Å². The van der Waals surface area contributed by atoms with Crippen molar-refractivity contribution in [1.82, 2.24) is 0 Å². The zero-order valence-corrected chi connectivity index (χ0v) is 12.6. The molecule has 5 radical (unpaired) electrons. The molecule has 0 aliphatic heterocycles. The summed E-state index contributed by atoms with van der Waals surface area (Å²) in [5, 5.41) is 0. The average molecular weight is 324 g/mol. The van der Waals surface area contributed by atoms with Gasteiger partial charge in [-0.05, 0) is 0 Å². The first kappa shape index (κ1) is 24.0. The Bertz CT molecular complexity index is 8.00. The van der Waals surface area contributed by atoms with E-state index in [1.807, 2.05) is 0 Å². The van der Waals surface area contributed by atoms with Crippen molar-refractivity contribution in [3.63, 3.8) is 0 Å². The Balaban J connectivity index is 0. The third-order valence-electron chi connectivity index (χ3n) is 0. The summed E-state index contributed by atoms with van der Waals surface area (Å²) in [6.07, 6.45) is 0. The molecule has 0 nitrogen and oxygen atoms in total. The Morgan fingerprint density at radius 2 is 1.00 bits per heavy atom. The summed E-state index contributed by atoms with van der Waals surface area (Å²) in [5.74, 6) is 0. The maximum atomic E-state index is 0. The van der Waals surface area contributed by atoms with Gasteiger partial charge in [-0.3, -0.25) is 0 Å². The summed E-state index contributed by atoms with van der Waals surface area (Å²) < 4.78 is 0. The molecule has 0 rings (SSSR count). The van der Waals surface area contributed by atoms with Crippen LogP contribution in [-0.2, 0) is 43.3 Å². The second-order valence-corrected chi connectivity index (χ2v) is 0. The van der Waals surface area contributed by atoms with Gasteiger partial charge in [0, 0.05) is 130 Å². The molecule has 0 atom stereocenters. The van der Waals surface area contributed by atoms with Crippen molar-refractivity contribution in [1.29, 1.82) is 0 Å². The van der Waals surface area contributed by atoms with Crippen molar-refractivity contribution < 1.29 is 43.3 Å². The second-order valence-electron chi connectivity index (χ2n) is 0. The van der Waals surface area contributed by atoms with Crippen LogP contribution >= 0.6 is 0 Å². The van der Waals surface area contributed by atoms with E-state index < -0.39 is 0 Å². The standard InChI is InChI=1S/Ba.Ca.Mn.Zr. The van der Waals surface area contributed by atoms with Crippen LogP contribution in [0, 0.1) is 0 Å². The van der Waals surface area contributed by atoms with Gasteiger partial charge in [-0.2, -0.15) is 0 Å². The van der Waals surface area contributed by atoms with Crippen LogP contribution in [0.5, 0.6) is 0 Å². The predicted molar refractivity (Wildman–Crippen MR) is 11.5 cm³/mol. The van der Waals surface area contributed by atoms with Gasteiger partial charge >= 0.3 is 0 Å². The second kappa shape index (κ2) is 15.7. The molecule has 0 N–H and O–H groups in total. The van der Waals surface area contributed by atoms with Crippen LogP contribution in [0.3, 0.4) is 0 Å². The maximum Gasteiger partial charge on any atom is 0 e. The number of hydrogen-bond acceptors (Lipinski definition) is 0. The van der Waals surface area contributed by atoms with E-state index in [1.165, 1.54) is 0 Å². The Morgan fingerprint density at radius 1 is 1.00 bits per heavy atom. The molecular formula is BaCaMnZr. The molecule has 0 aliphatic carbocycles. The van der Waals surface area contributed by atoms with Crippen molar-refractivity contribution in [3.8, 4) is 0 Å². The van der Waals surface area contributed by atoms with Gasteiger partial charge in [0.1, 0.15) is 0 Å². The van der Waals surface area contributed by atoms with E-state index in [4.69, 9.17) is 0 Å². The summed E-state index contributed by atoms with van der Waals surface area (Å²) in [7, 11) is 0. The zero-order valence-electron chi connectivity index (χ0n) is 2.29. The summed E-state index contributed by atoms with van der Waals surface area (Å²) in [6.45, 7) is 0. The molecular weight excluding hydrogens is 324 g/mol. The van der Waals surface area contributed by atoms with E-state index in [0.29, 0.717) is 0 Å². The van der Waals surface area contributed by atoms with Crippen molar-refractivity contribution in [3.05, 3.63) is 0 Å². The van der Waals surface area contributed by atoms with Crippen LogP contribution in [0.15, 0.2) is 0 Å². The quantitative estimate of drug-likeness (QED) is 0.514. The monoisotopic (exact) mass is 323 g/mol. The molecule has 4 heteroatoms. The molecule has 0 aromatic rings. The van der Waals surface area contributed by atoms with Gasteiger partial charge < -0.3 is 0 Å². The number of hydrogen-bond donors (Lipinski definition) is 0. The first-order chi connectivity index (χ1) is 0. The molecule has 0 saturated heterocycles. The van der Waals surface area contributed by atoms with Crippen molar-refractivity contribution in [2.24, 2.45) is 0 Å². The molecule has 15 valence electrons. The van der Waals surface area contributed by atoms with Crippen LogP contribution < -0.4 is 0 Å². The summed E-state index contributed by atoms with van der Waals surface area (Å²) >= 11 is 0. The third kappa shape index (κ3) is 9.53. The molecule has 0 bridgehead atoms. The molecule has 0 spiro atoms. The average Bonchev–Trinajstić information content (AvgIpc) is 0. The zero-order chi connectivity index (χ0) is 0. The molecule has 0 amide bonds. The Morgan fingerprint density at radius 3 is 1.00 bits per heavy atom. The Kier molecular flexibility index (Phi) is 94.2. The van der Waals surface area contributed by atoms with E-state index in [0.717, 1.165) is 0 Å². The molecule has 0 fully saturated rings. The van der Waals surface area contributed by atoms with Crippen molar-refractivity contribution in [2.75, 3.05) is 0 Å². The normalized spacial score (nSPS) is 0. The van der Waals surface area contributed by atoms with Crippen LogP contribution in [0.2, 0.25) is 0 Å². The van der Waals surface area contributed by atoms with E-state index >= 15 is 0 Å². The largest absolute Gasteiger partial charge is 0 e. The molecule has 0 saturated carbocycles. The van der Waals surface area contributed by atoms with E-state index in [2.05, 4.69) is 0 Å². The van der Waals surface area contributed by atoms with Gasteiger partial charge in [-0.1, -0.05) is 0 Å². The summed E-state index contributed by atoms with van der Waals surface area (Å²) in [6, 6.07) is 0. The minimum atomic E-state index is 0. The third-order valence-corrected chi connectivity index (χ3v) is 0. The van der Waals surface area contributed by atoms with E-state index in [1.54, 1.807) is 0 Å². The van der Waals surface area contributed by atoms with E-state index in [-0.39, 0.29) is 130 Å². The van der Waals surface area contributed by atoms with Crippen LogP contribution in [0.25, 0.3) is 0 Å². The van der Waals surface area contributed by atoms with Gasteiger partial charge in [0.25, 0.3) is 0 Å². The Labute approximate surface area is 126 Å². The smallest absolute Gasteiger partial charge is 0 e. The fourth-order valence-electron chi connectivity index (χ4n) is 0. The van der Waals surface area contributed by atoms with Gasteiger partial charge in [-0.15, -0.1) is 0 Å². The fourth-order valence-corrected chi connectivity index (χ4v) is 0. The Hall–Kier alpha value is 4.23. The first-order valence-electron chi connectivity index (χ1n) is 0. The topological polar surface area (TPSA) is 0 Å². The van der Waals surface area contributed by atoms with Crippen LogP contribution in [0.4, 0.5) is 0 Å². The maximum absolute atomic E-state index is 0. The SMILES string of the molecule is [Ba].[Ca].[Mn].[Zr]. The van der Waals surface area contributed by atoms with Gasteiger partial charge in [0.2, 0.25) is 0 Å². The molecule has 0 heterocycles. The molecule has 0 aromatic heterocycles. The summed E-state index contributed by atoms with van der Waals surface area (Å²) in [4.78, 5) is 0.